The summed E-state index contributed by atoms with van der Waals surface area (Å²) < 4.78 is 2.02. The molecule has 0 bridgehead atoms. The van der Waals surface area contributed by atoms with E-state index in [9.17, 15) is 0 Å². The average Bonchev–Trinajstić information content (AvgIpc) is 3.57. The highest BCUT2D eigenvalue weighted by Gasteiger charge is 2.36. The number of hydrogen-bond acceptors (Lipinski definition) is 3. The molecule has 224 valence electrons. The molecule has 2 heterocycles. The number of nitrogens with zero attached hydrogens (tertiary/aromatic N) is 4. The quantitative estimate of drug-likeness (QED) is 0.200. The Kier molecular flexibility index (Phi) is 6.12. The van der Waals surface area contributed by atoms with Crippen LogP contribution in [0.2, 0.25) is 0 Å². The van der Waals surface area contributed by atoms with E-state index in [0.29, 0.717) is 5.82 Å². The zero-order chi connectivity index (χ0) is 31.5. The lowest BCUT2D eigenvalue weighted by molar-refractivity contribution is 0.632. The van der Waals surface area contributed by atoms with Gasteiger partial charge in [0.25, 0.3) is 0 Å². The summed E-state index contributed by atoms with van der Waals surface area (Å²) in [6.07, 6.45) is 0. The van der Waals surface area contributed by atoms with Crippen LogP contribution < -0.4 is 4.90 Å². The van der Waals surface area contributed by atoms with E-state index >= 15 is 0 Å². The van der Waals surface area contributed by atoms with Crippen molar-refractivity contribution in [3.8, 4) is 28.5 Å². The van der Waals surface area contributed by atoms with Crippen LogP contribution in [0.5, 0.6) is 0 Å². The second-order valence-electron chi connectivity index (χ2n) is 12.7. The molecular formula is C43H32N4. The zero-order valence-electron chi connectivity index (χ0n) is 26.3. The molecule has 47 heavy (non-hydrogen) atoms. The summed E-state index contributed by atoms with van der Waals surface area (Å²) >= 11 is 0. The molecule has 0 saturated heterocycles. The van der Waals surface area contributed by atoms with Gasteiger partial charge < -0.3 is 4.90 Å². The lowest BCUT2D eigenvalue weighted by Crippen LogP contribution is -2.30. The van der Waals surface area contributed by atoms with Crippen LogP contribution >= 0.6 is 0 Å². The molecule has 1 aromatic heterocycles. The van der Waals surface area contributed by atoms with Crippen molar-refractivity contribution in [2.24, 2.45) is 0 Å². The van der Waals surface area contributed by atoms with Gasteiger partial charge in [-0.1, -0.05) is 129 Å². The Morgan fingerprint density at radius 3 is 1.72 bits per heavy atom. The Hall–Kier alpha value is -6.00. The van der Waals surface area contributed by atoms with E-state index < -0.39 is 0 Å². The molecular weight excluding hydrogens is 573 g/mol. The van der Waals surface area contributed by atoms with Crippen molar-refractivity contribution in [3.63, 3.8) is 0 Å². The van der Waals surface area contributed by atoms with Gasteiger partial charge in [0.2, 0.25) is 0 Å². The third kappa shape index (κ3) is 4.29. The lowest BCUT2D eigenvalue weighted by Gasteiger charge is -2.42. The highest BCUT2D eigenvalue weighted by molar-refractivity contribution is 5.96. The van der Waals surface area contributed by atoms with E-state index in [0.717, 1.165) is 39.1 Å². The number of aromatic nitrogens is 3. The second-order valence-corrected chi connectivity index (χ2v) is 12.7. The Labute approximate surface area is 274 Å². The molecule has 4 heteroatoms. The highest BCUT2D eigenvalue weighted by Crippen LogP contribution is 2.51. The van der Waals surface area contributed by atoms with Crippen LogP contribution in [-0.4, -0.2) is 14.8 Å². The smallest absolute Gasteiger partial charge is 0.182 e. The van der Waals surface area contributed by atoms with Crippen molar-refractivity contribution >= 4 is 38.6 Å². The molecule has 0 aliphatic carbocycles. The molecule has 8 aromatic rings. The molecule has 0 saturated carbocycles. The minimum Gasteiger partial charge on any atom is -0.310 e. The average molecular weight is 605 g/mol. The van der Waals surface area contributed by atoms with E-state index in [1.165, 1.54) is 33.3 Å². The van der Waals surface area contributed by atoms with Crippen molar-refractivity contribution in [3.05, 3.63) is 169 Å². The highest BCUT2D eigenvalue weighted by atomic mass is 15.4. The summed E-state index contributed by atoms with van der Waals surface area (Å²) in [6.45, 7) is 4.64. The SMILES string of the molecule is CC1(C)c2ccccc2N(c2ccc(-c3nc(-c4cccc5ccccc45)nn3-c3cccc4ccccc34)cc2)c2ccccc21. The van der Waals surface area contributed by atoms with Gasteiger partial charge in [-0.15, -0.1) is 5.10 Å². The number of anilines is 3. The van der Waals surface area contributed by atoms with Crippen molar-refractivity contribution in [1.82, 2.24) is 14.8 Å². The Morgan fingerprint density at radius 1 is 0.489 bits per heavy atom. The molecule has 0 radical (unpaired) electrons. The summed E-state index contributed by atoms with van der Waals surface area (Å²) in [5.41, 5.74) is 9.08. The molecule has 0 spiro atoms. The van der Waals surface area contributed by atoms with Crippen LogP contribution in [0.3, 0.4) is 0 Å². The van der Waals surface area contributed by atoms with Crippen LogP contribution in [0, 0.1) is 0 Å². The Balaban J connectivity index is 1.22. The fourth-order valence-corrected chi connectivity index (χ4v) is 7.30. The van der Waals surface area contributed by atoms with E-state index in [2.05, 4.69) is 176 Å². The first kappa shape index (κ1) is 27.3. The Morgan fingerprint density at radius 2 is 1.02 bits per heavy atom. The molecule has 7 aromatic carbocycles. The zero-order valence-corrected chi connectivity index (χ0v) is 26.3. The largest absolute Gasteiger partial charge is 0.310 e. The van der Waals surface area contributed by atoms with Gasteiger partial charge in [0.05, 0.1) is 17.1 Å². The van der Waals surface area contributed by atoms with Gasteiger partial charge in [0, 0.05) is 27.6 Å². The van der Waals surface area contributed by atoms with Crippen molar-refractivity contribution in [2.75, 3.05) is 4.90 Å². The third-order valence-corrected chi connectivity index (χ3v) is 9.65. The minimum absolute atomic E-state index is 0.101. The normalized spacial score (nSPS) is 13.4. The van der Waals surface area contributed by atoms with E-state index in [1.54, 1.807) is 0 Å². The maximum absolute atomic E-state index is 5.26. The van der Waals surface area contributed by atoms with Gasteiger partial charge in [-0.05, 0) is 69.8 Å². The first-order valence-electron chi connectivity index (χ1n) is 16.1. The van der Waals surface area contributed by atoms with E-state index in [-0.39, 0.29) is 5.41 Å². The number of hydrogen-bond donors (Lipinski definition) is 0. The van der Waals surface area contributed by atoms with Crippen LogP contribution in [0.25, 0.3) is 50.0 Å². The number of fused-ring (bicyclic) bond motifs is 4. The van der Waals surface area contributed by atoms with Crippen molar-refractivity contribution < 1.29 is 0 Å². The Bertz CT molecular complexity index is 2390. The van der Waals surface area contributed by atoms with Gasteiger partial charge in [-0.2, -0.15) is 0 Å². The first-order valence-corrected chi connectivity index (χ1v) is 16.1. The summed E-state index contributed by atoms with van der Waals surface area (Å²) in [5.74, 6) is 1.51. The molecule has 0 fully saturated rings. The molecule has 4 nitrogen and oxygen atoms in total. The number of rotatable bonds is 4. The standard InChI is InChI=1S/C43H32N4/c1-43(2)36-20-7-9-22-39(36)46(40-23-10-8-21-37(40)43)32-27-25-31(26-28-32)42-44-41(35-19-11-15-29-13-3-5-17-33(29)35)45-47(42)38-24-12-16-30-14-4-6-18-34(30)38/h3-28H,1-2H3. The maximum atomic E-state index is 5.26. The second kappa shape index (κ2) is 10.5. The molecule has 1 aliphatic heterocycles. The summed E-state index contributed by atoms with van der Waals surface area (Å²) in [5, 5.41) is 9.81. The van der Waals surface area contributed by atoms with Crippen LogP contribution in [0.15, 0.2) is 158 Å². The molecule has 0 unspecified atom stereocenters. The maximum Gasteiger partial charge on any atom is 0.182 e. The van der Waals surface area contributed by atoms with Crippen molar-refractivity contribution in [1.29, 1.82) is 0 Å². The van der Waals surface area contributed by atoms with Gasteiger partial charge >= 0.3 is 0 Å². The van der Waals surface area contributed by atoms with Gasteiger partial charge in [-0.25, -0.2) is 9.67 Å². The van der Waals surface area contributed by atoms with Crippen LogP contribution in [0.1, 0.15) is 25.0 Å². The number of benzene rings is 7. The monoisotopic (exact) mass is 604 g/mol. The van der Waals surface area contributed by atoms with E-state index in [1.807, 2.05) is 4.68 Å². The molecule has 1 aliphatic rings. The summed E-state index contributed by atoms with van der Waals surface area (Å²) in [6, 6.07) is 55.9. The predicted octanol–water partition coefficient (Wildman–Crippen LogP) is 11.0. The minimum atomic E-state index is -0.101. The van der Waals surface area contributed by atoms with Gasteiger partial charge in [-0.3, -0.25) is 0 Å². The predicted molar refractivity (Wildman–Crippen MR) is 194 cm³/mol. The van der Waals surface area contributed by atoms with Gasteiger partial charge in [0.15, 0.2) is 11.6 Å². The third-order valence-electron chi connectivity index (χ3n) is 9.65. The van der Waals surface area contributed by atoms with Crippen LogP contribution in [0.4, 0.5) is 17.1 Å². The lowest BCUT2D eigenvalue weighted by atomic mass is 9.73. The molecule has 0 N–H and O–H groups in total. The fraction of sp³-hybridized carbons (Fsp3) is 0.0698. The van der Waals surface area contributed by atoms with Gasteiger partial charge in [0.1, 0.15) is 0 Å². The summed E-state index contributed by atoms with van der Waals surface area (Å²) in [7, 11) is 0. The number of para-hydroxylation sites is 2. The fourth-order valence-electron chi connectivity index (χ4n) is 7.30. The molecule has 0 amide bonds. The van der Waals surface area contributed by atoms with Crippen LogP contribution in [-0.2, 0) is 5.41 Å². The molecule has 0 atom stereocenters. The van der Waals surface area contributed by atoms with Crippen molar-refractivity contribution in [2.45, 2.75) is 19.3 Å². The molecule has 9 rings (SSSR count). The summed E-state index contributed by atoms with van der Waals surface area (Å²) in [4.78, 5) is 7.64. The van der Waals surface area contributed by atoms with E-state index in [4.69, 9.17) is 10.1 Å². The topological polar surface area (TPSA) is 34.0 Å². The first-order chi connectivity index (χ1) is 23.1.